The molecule has 1 aliphatic rings. The average Bonchev–Trinajstić information content (AvgIpc) is 2.88. The van der Waals surface area contributed by atoms with Crippen molar-refractivity contribution in [2.24, 2.45) is 0 Å². The van der Waals surface area contributed by atoms with E-state index in [0.29, 0.717) is 12.1 Å². The van der Waals surface area contributed by atoms with Crippen molar-refractivity contribution in [1.29, 1.82) is 0 Å². The Balaban J connectivity index is 0.000000205. The van der Waals surface area contributed by atoms with Crippen molar-refractivity contribution in [3.05, 3.63) is 106 Å². The molecule has 0 saturated carbocycles. The SMILES string of the molecule is CC1CN(Cc2cccc(Cl)c2)[C@H](C)CN1.CCN(CC)C(=O)c1ccc(Cc2ccccc2)cc1. The fourth-order valence-corrected chi connectivity index (χ4v) is 4.69. The Hall–Kier alpha value is -2.66. The van der Waals surface area contributed by atoms with Crippen LogP contribution in [0.15, 0.2) is 78.9 Å². The second-order valence-electron chi connectivity index (χ2n) is 9.55. The lowest BCUT2D eigenvalue weighted by atomic mass is 10.0. The van der Waals surface area contributed by atoms with Gasteiger partial charge in [0.15, 0.2) is 0 Å². The predicted molar refractivity (Wildman–Crippen MR) is 152 cm³/mol. The molecule has 0 bridgehead atoms. The van der Waals surface area contributed by atoms with E-state index in [9.17, 15) is 4.79 Å². The smallest absolute Gasteiger partial charge is 0.253 e. The third-order valence-corrected chi connectivity index (χ3v) is 6.91. The van der Waals surface area contributed by atoms with Crippen LogP contribution in [-0.2, 0) is 13.0 Å². The molecule has 0 spiro atoms. The van der Waals surface area contributed by atoms with Gasteiger partial charge in [-0.3, -0.25) is 9.69 Å². The van der Waals surface area contributed by atoms with E-state index in [2.05, 4.69) is 48.3 Å². The number of hydrogen-bond acceptors (Lipinski definition) is 3. The van der Waals surface area contributed by atoms with E-state index in [0.717, 1.165) is 49.7 Å². The quantitative estimate of drug-likeness (QED) is 0.410. The van der Waals surface area contributed by atoms with Crippen LogP contribution in [0.5, 0.6) is 0 Å². The Morgan fingerprint density at radius 3 is 2.19 bits per heavy atom. The maximum absolute atomic E-state index is 12.2. The summed E-state index contributed by atoms with van der Waals surface area (Å²) in [5.41, 5.74) is 4.58. The minimum Gasteiger partial charge on any atom is -0.339 e. The van der Waals surface area contributed by atoms with Crippen LogP contribution in [0.2, 0.25) is 5.02 Å². The van der Waals surface area contributed by atoms with Gasteiger partial charge in [-0.2, -0.15) is 0 Å². The first-order valence-corrected chi connectivity index (χ1v) is 13.4. The highest BCUT2D eigenvalue weighted by Gasteiger charge is 2.22. The normalized spacial score (nSPS) is 17.7. The fourth-order valence-electron chi connectivity index (χ4n) is 4.48. The summed E-state index contributed by atoms with van der Waals surface area (Å²) in [4.78, 5) is 16.5. The number of carbonyl (C=O) groups is 1. The Morgan fingerprint density at radius 1 is 0.917 bits per heavy atom. The molecular formula is C31H40ClN3O. The number of halogens is 1. The van der Waals surface area contributed by atoms with Crippen molar-refractivity contribution in [3.8, 4) is 0 Å². The van der Waals surface area contributed by atoms with Crippen LogP contribution in [0.4, 0.5) is 0 Å². The summed E-state index contributed by atoms with van der Waals surface area (Å²) in [6.07, 6.45) is 0.903. The van der Waals surface area contributed by atoms with E-state index in [-0.39, 0.29) is 5.91 Å². The van der Waals surface area contributed by atoms with E-state index in [1.54, 1.807) is 0 Å². The number of rotatable bonds is 7. The molecule has 3 aromatic rings. The molecule has 2 atom stereocenters. The van der Waals surface area contributed by atoms with Crippen molar-refractivity contribution >= 4 is 17.5 Å². The predicted octanol–water partition coefficient (Wildman–Crippen LogP) is 6.28. The number of piperazine rings is 1. The minimum atomic E-state index is 0.112. The number of amides is 1. The first-order chi connectivity index (χ1) is 17.4. The summed E-state index contributed by atoms with van der Waals surface area (Å²) < 4.78 is 0. The summed E-state index contributed by atoms with van der Waals surface area (Å²) >= 11 is 6.00. The molecule has 1 fully saturated rings. The van der Waals surface area contributed by atoms with Crippen LogP contribution >= 0.6 is 11.6 Å². The van der Waals surface area contributed by atoms with Crippen molar-refractivity contribution < 1.29 is 4.79 Å². The largest absolute Gasteiger partial charge is 0.339 e. The number of nitrogens with one attached hydrogen (secondary N) is 1. The molecule has 1 heterocycles. The summed E-state index contributed by atoms with van der Waals surface area (Å²) in [7, 11) is 0. The van der Waals surface area contributed by atoms with Crippen molar-refractivity contribution in [2.45, 2.75) is 52.7 Å². The summed E-state index contributed by atoms with van der Waals surface area (Å²) in [6, 6.07) is 27.6. The van der Waals surface area contributed by atoms with Crippen molar-refractivity contribution in [3.63, 3.8) is 0 Å². The van der Waals surface area contributed by atoms with Gasteiger partial charge in [0.2, 0.25) is 0 Å². The third kappa shape index (κ3) is 8.48. The van der Waals surface area contributed by atoms with Gasteiger partial charge in [0.1, 0.15) is 0 Å². The van der Waals surface area contributed by atoms with Crippen LogP contribution in [-0.4, -0.2) is 54.0 Å². The molecule has 4 nitrogen and oxygen atoms in total. The molecule has 0 aromatic heterocycles. The van der Waals surface area contributed by atoms with Crippen molar-refractivity contribution in [2.75, 3.05) is 26.2 Å². The Bertz CT molecular complexity index is 1070. The van der Waals surface area contributed by atoms with Crippen molar-refractivity contribution in [1.82, 2.24) is 15.1 Å². The molecule has 0 radical (unpaired) electrons. The Kier molecular flexibility index (Phi) is 11.0. The summed E-state index contributed by atoms with van der Waals surface area (Å²) in [5, 5.41) is 4.32. The highest BCUT2D eigenvalue weighted by atomic mass is 35.5. The highest BCUT2D eigenvalue weighted by Crippen LogP contribution is 2.16. The first-order valence-electron chi connectivity index (χ1n) is 13.0. The third-order valence-electron chi connectivity index (χ3n) is 6.67. The first kappa shape index (κ1) is 27.9. The monoisotopic (exact) mass is 505 g/mol. The van der Waals surface area contributed by atoms with Gasteiger partial charge in [-0.05, 0) is 75.1 Å². The lowest BCUT2D eigenvalue weighted by Gasteiger charge is -2.37. The second-order valence-corrected chi connectivity index (χ2v) is 9.99. The molecule has 5 heteroatoms. The van der Waals surface area contributed by atoms with Gasteiger partial charge in [0.05, 0.1) is 0 Å². The molecule has 1 amide bonds. The van der Waals surface area contributed by atoms with Crippen LogP contribution < -0.4 is 5.32 Å². The van der Waals surface area contributed by atoms with Gasteiger partial charge in [-0.25, -0.2) is 0 Å². The molecule has 1 N–H and O–H groups in total. The minimum absolute atomic E-state index is 0.112. The fraction of sp³-hybridized carbons (Fsp3) is 0.387. The van der Waals surface area contributed by atoms with Gasteiger partial charge in [0, 0.05) is 55.4 Å². The Morgan fingerprint density at radius 2 is 1.56 bits per heavy atom. The zero-order valence-electron chi connectivity index (χ0n) is 22.1. The Labute approximate surface area is 222 Å². The maximum Gasteiger partial charge on any atom is 0.253 e. The van der Waals surface area contributed by atoms with E-state index < -0.39 is 0 Å². The summed E-state index contributed by atoms with van der Waals surface area (Å²) in [6.45, 7) is 13.2. The van der Waals surface area contributed by atoms with Gasteiger partial charge in [0.25, 0.3) is 5.91 Å². The van der Waals surface area contributed by atoms with Gasteiger partial charge in [-0.15, -0.1) is 0 Å². The molecule has 1 unspecified atom stereocenters. The molecule has 1 aliphatic heterocycles. The van der Waals surface area contributed by atoms with E-state index in [4.69, 9.17) is 11.6 Å². The number of hydrogen-bond donors (Lipinski definition) is 1. The van der Waals surface area contributed by atoms with Crippen LogP contribution in [0.3, 0.4) is 0 Å². The van der Waals surface area contributed by atoms with Gasteiger partial charge >= 0.3 is 0 Å². The zero-order valence-corrected chi connectivity index (χ0v) is 22.8. The molecule has 4 rings (SSSR count). The second kappa shape index (κ2) is 14.2. The maximum atomic E-state index is 12.2. The van der Waals surface area contributed by atoms with Crippen LogP contribution in [0.1, 0.15) is 54.7 Å². The van der Waals surface area contributed by atoms with Crippen LogP contribution in [0, 0.1) is 0 Å². The number of nitrogens with zero attached hydrogens (tertiary/aromatic N) is 2. The van der Waals surface area contributed by atoms with E-state index >= 15 is 0 Å². The standard InChI is InChI=1S/C18H21NO.C13H19ClN2/c1-3-19(4-2)18(20)17-12-10-16(11-13-17)14-15-8-6-5-7-9-15;1-10-8-16(11(2)7-15-10)9-12-4-3-5-13(14)6-12/h5-13H,3-4,14H2,1-2H3;3-6,10-11,15H,7-9H2,1-2H3/t;10?,11-/m.1/s1. The summed E-state index contributed by atoms with van der Waals surface area (Å²) in [5.74, 6) is 0.112. The van der Waals surface area contributed by atoms with E-state index in [1.807, 2.05) is 73.3 Å². The molecular weight excluding hydrogens is 466 g/mol. The lowest BCUT2D eigenvalue weighted by Crippen LogP contribution is -2.53. The highest BCUT2D eigenvalue weighted by molar-refractivity contribution is 6.30. The molecule has 0 aliphatic carbocycles. The molecule has 192 valence electrons. The zero-order chi connectivity index (χ0) is 25.9. The van der Waals surface area contributed by atoms with Gasteiger partial charge < -0.3 is 10.2 Å². The number of benzene rings is 3. The molecule has 3 aromatic carbocycles. The molecule has 1 saturated heterocycles. The lowest BCUT2D eigenvalue weighted by molar-refractivity contribution is 0.0773. The average molecular weight is 506 g/mol. The van der Waals surface area contributed by atoms with E-state index in [1.165, 1.54) is 16.7 Å². The molecule has 36 heavy (non-hydrogen) atoms. The van der Waals surface area contributed by atoms with Crippen LogP contribution in [0.25, 0.3) is 0 Å². The van der Waals surface area contributed by atoms with Gasteiger partial charge in [-0.1, -0.05) is 66.2 Å². The topological polar surface area (TPSA) is 35.6 Å². The number of carbonyl (C=O) groups excluding carboxylic acids is 1.